The largest absolute Gasteiger partial charge is 0.375 e. The van der Waals surface area contributed by atoms with Crippen LogP contribution < -0.4 is 5.32 Å². The smallest absolute Gasteiger partial charge is 0.124 e. The van der Waals surface area contributed by atoms with Gasteiger partial charge in [-0.3, -0.25) is 5.32 Å². The van der Waals surface area contributed by atoms with E-state index in [0.717, 1.165) is 31.1 Å². The Morgan fingerprint density at radius 2 is 1.50 bits per heavy atom. The molecule has 0 spiro atoms. The van der Waals surface area contributed by atoms with E-state index in [4.69, 9.17) is 0 Å². The molecule has 0 aliphatic heterocycles. The summed E-state index contributed by atoms with van der Waals surface area (Å²) in [5.74, 6) is 2.36. The molecule has 2 heteroatoms. The third kappa shape index (κ3) is 7.11. The van der Waals surface area contributed by atoms with E-state index in [1.165, 1.54) is 86.5 Å². The van der Waals surface area contributed by atoms with E-state index in [1.54, 1.807) is 11.6 Å². The second kappa shape index (κ2) is 13.6. The highest BCUT2D eigenvalue weighted by Crippen LogP contribution is 2.39. The van der Waals surface area contributed by atoms with Crippen LogP contribution in [-0.4, -0.2) is 17.4 Å². The molecule has 1 atom stereocenters. The summed E-state index contributed by atoms with van der Waals surface area (Å²) in [7, 11) is 0. The maximum absolute atomic E-state index is 9.81. The van der Waals surface area contributed by atoms with Crippen molar-refractivity contribution in [1.82, 2.24) is 5.32 Å². The molecule has 0 heterocycles. The Balaban J connectivity index is 1.35. The first-order valence-electron chi connectivity index (χ1n) is 14.9. The summed E-state index contributed by atoms with van der Waals surface area (Å²) in [6.45, 7) is 8.26. The minimum Gasteiger partial charge on any atom is -0.375 e. The Bertz CT molecular complexity index is 932. The predicted octanol–water partition coefficient (Wildman–Crippen LogP) is 8.89. The molecule has 36 heavy (non-hydrogen) atoms. The average molecular weight is 488 g/mol. The molecule has 196 valence electrons. The van der Waals surface area contributed by atoms with Crippen LogP contribution in [0.25, 0.3) is 11.1 Å². The van der Waals surface area contributed by atoms with Crippen molar-refractivity contribution >= 4 is 0 Å². The number of aliphatic hydroxyl groups excluding tert-OH is 1. The van der Waals surface area contributed by atoms with E-state index >= 15 is 0 Å². The summed E-state index contributed by atoms with van der Waals surface area (Å²) in [4.78, 5) is 0. The molecule has 0 amide bonds. The number of hydrogen-bond acceptors (Lipinski definition) is 2. The van der Waals surface area contributed by atoms with Crippen molar-refractivity contribution in [3.8, 4) is 11.1 Å². The van der Waals surface area contributed by atoms with Crippen LogP contribution in [0.4, 0.5) is 0 Å². The molecule has 0 aromatic heterocycles. The predicted molar refractivity (Wildman–Crippen MR) is 154 cm³/mol. The van der Waals surface area contributed by atoms with Crippen molar-refractivity contribution < 1.29 is 5.11 Å². The second-order valence-corrected chi connectivity index (χ2v) is 11.5. The summed E-state index contributed by atoms with van der Waals surface area (Å²) in [6.07, 6.45) is 17.8. The number of hydrogen-bond donors (Lipinski definition) is 2. The molecule has 0 saturated heterocycles. The van der Waals surface area contributed by atoms with Gasteiger partial charge >= 0.3 is 0 Å². The van der Waals surface area contributed by atoms with Gasteiger partial charge in [-0.1, -0.05) is 88.6 Å². The third-order valence-electron chi connectivity index (χ3n) is 9.09. The van der Waals surface area contributed by atoms with Crippen molar-refractivity contribution in [3.05, 3.63) is 71.8 Å². The maximum atomic E-state index is 9.81. The Labute approximate surface area is 220 Å². The van der Waals surface area contributed by atoms with Gasteiger partial charge in [-0.2, -0.15) is 0 Å². The van der Waals surface area contributed by atoms with E-state index < -0.39 is 6.23 Å². The molecule has 2 aromatic carbocycles. The highest BCUT2D eigenvalue weighted by atomic mass is 16.3. The van der Waals surface area contributed by atoms with Crippen LogP contribution in [0.2, 0.25) is 0 Å². The monoisotopic (exact) mass is 487 g/mol. The summed E-state index contributed by atoms with van der Waals surface area (Å²) in [6, 6.07) is 17.2. The number of rotatable bonds is 11. The lowest BCUT2D eigenvalue weighted by molar-refractivity contribution is 0.153. The number of aliphatic hydroxyl groups is 1. The van der Waals surface area contributed by atoms with Gasteiger partial charge in [0, 0.05) is 6.04 Å². The molecule has 2 aromatic rings. The fourth-order valence-electron chi connectivity index (χ4n) is 6.75. The van der Waals surface area contributed by atoms with Crippen LogP contribution in [-0.2, 0) is 6.42 Å². The van der Waals surface area contributed by atoms with Crippen molar-refractivity contribution in [3.63, 3.8) is 0 Å². The van der Waals surface area contributed by atoms with Gasteiger partial charge in [0.2, 0.25) is 0 Å². The summed E-state index contributed by atoms with van der Waals surface area (Å²) >= 11 is 0. The van der Waals surface area contributed by atoms with Crippen LogP contribution >= 0.6 is 0 Å². The normalized spacial score (nSPS) is 25.4. The first-order valence-corrected chi connectivity index (χ1v) is 14.9. The van der Waals surface area contributed by atoms with Crippen LogP contribution in [0.15, 0.2) is 55.1 Å². The van der Waals surface area contributed by atoms with Gasteiger partial charge < -0.3 is 5.11 Å². The van der Waals surface area contributed by atoms with E-state index in [0.29, 0.717) is 12.0 Å². The molecule has 2 aliphatic carbocycles. The summed E-state index contributed by atoms with van der Waals surface area (Å²) in [5, 5.41) is 13.1. The highest BCUT2D eigenvalue weighted by Gasteiger charge is 2.24. The first-order chi connectivity index (χ1) is 17.6. The average Bonchev–Trinajstić information content (AvgIpc) is 2.93. The van der Waals surface area contributed by atoms with Crippen LogP contribution in [0.3, 0.4) is 0 Å². The van der Waals surface area contributed by atoms with Gasteiger partial charge in [0.1, 0.15) is 6.23 Å². The molecule has 2 aliphatic rings. The molecule has 2 N–H and O–H groups in total. The number of benzene rings is 2. The second-order valence-electron chi connectivity index (χ2n) is 11.5. The van der Waals surface area contributed by atoms with Crippen LogP contribution in [0.5, 0.6) is 0 Å². The minimum atomic E-state index is -0.588. The minimum absolute atomic E-state index is 0.397. The topological polar surface area (TPSA) is 32.3 Å². The molecule has 2 fully saturated rings. The SMILES string of the molecule is C=CC(O)NC1CCC(c2ccc(-c3ccc(C4CCC(CCCCC)CC4)cc3)c(CC)c2)CC1. The standard InChI is InChI=1S/C34H49NO/c1-4-7-8-9-25-10-12-27(13-11-25)28-14-16-30(17-15-28)33-23-20-31(24-26(33)5-2)29-18-21-32(22-19-29)35-34(36)6-3/h6,14-17,20,23-25,27,29,32,34-36H,3-5,7-13,18-19,21-22H2,1-2H3. The lowest BCUT2D eigenvalue weighted by Crippen LogP contribution is -2.39. The lowest BCUT2D eigenvalue weighted by Gasteiger charge is -2.31. The molecular weight excluding hydrogens is 438 g/mol. The molecule has 0 radical (unpaired) electrons. The third-order valence-corrected chi connectivity index (χ3v) is 9.09. The molecular formula is C34H49NO. The maximum Gasteiger partial charge on any atom is 0.124 e. The highest BCUT2D eigenvalue weighted by molar-refractivity contribution is 5.68. The van der Waals surface area contributed by atoms with E-state index in [1.807, 2.05) is 0 Å². The molecule has 2 nitrogen and oxygen atoms in total. The fourth-order valence-corrected chi connectivity index (χ4v) is 6.75. The lowest BCUT2D eigenvalue weighted by atomic mass is 9.77. The number of unbranched alkanes of at least 4 members (excludes halogenated alkanes) is 2. The van der Waals surface area contributed by atoms with E-state index in [9.17, 15) is 5.11 Å². The summed E-state index contributed by atoms with van der Waals surface area (Å²) < 4.78 is 0. The van der Waals surface area contributed by atoms with Crippen molar-refractivity contribution in [1.29, 1.82) is 0 Å². The Morgan fingerprint density at radius 3 is 2.14 bits per heavy atom. The van der Waals surface area contributed by atoms with Gasteiger partial charge in [-0.05, 0) is 109 Å². The number of aryl methyl sites for hydroxylation is 1. The van der Waals surface area contributed by atoms with Gasteiger partial charge in [0.05, 0.1) is 0 Å². The van der Waals surface area contributed by atoms with Gasteiger partial charge in [-0.25, -0.2) is 0 Å². The van der Waals surface area contributed by atoms with Crippen molar-refractivity contribution in [2.24, 2.45) is 5.92 Å². The van der Waals surface area contributed by atoms with Gasteiger partial charge in [0.25, 0.3) is 0 Å². The van der Waals surface area contributed by atoms with Crippen LogP contribution in [0.1, 0.15) is 119 Å². The molecule has 4 rings (SSSR count). The molecule has 2 saturated carbocycles. The van der Waals surface area contributed by atoms with E-state index in [2.05, 4.69) is 68.2 Å². The Morgan fingerprint density at radius 1 is 0.861 bits per heavy atom. The zero-order chi connectivity index (χ0) is 25.3. The Kier molecular flexibility index (Phi) is 10.2. The fraction of sp³-hybridized carbons (Fsp3) is 0.588. The van der Waals surface area contributed by atoms with Gasteiger partial charge in [-0.15, -0.1) is 0 Å². The molecule has 1 unspecified atom stereocenters. The van der Waals surface area contributed by atoms with Crippen molar-refractivity contribution in [2.45, 2.75) is 121 Å². The zero-order valence-corrected chi connectivity index (χ0v) is 22.9. The van der Waals surface area contributed by atoms with Crippen molar-refractivity contribution in [2.75, 3.05) is 0 Å². The molecule has 0 bridgehead atoms. The first kappa shape index (κ1) is 27.1. The summed E-state index contributed by atoms with van der Waals surface area (Å²) in [5.41, 5.74) is 7.27. The van der Waals surface area contributed by atoms with Crippen LogP contribution in [0, 0.1) is 5.92 Å². The number of nitrogens with one attached hydrogen (secondary N) is 1. The van der Waals surface area contributed by atoms with E-state index in [-0.39, 0.29) is 0 Å². The quantitative estimate of drug-likeness (QED) is 0.188. The zero-order valence-electron chi connectivity index (χ0n) is 22.9. The Hall–Kier alpha value is -1.90. The van der Waals surface area contributed by atoms with Gasteiger partial charge in [0.15, 0.2) is 0 Å².